The zero-order chi connectivity index (χ0) is 20.1. The first-order chi connectivity index (χ1) is 13.4. The fourth-order valence-electron chi connectivity index (χ4n) is 3.00. The Morgan fingerprint density at radius 2 is 1.68 bits per heavy atom. The smallest absolute Gasteiger partial charge is 0.253 e. The van der Waals surface area contributed by atoms with E-state index in [0.29, 0.717) is 31.8 Å². The molecule has 1 saturated heterocycles. The van der Waals surface area contributed by atoms with E-state index in [0.717, 1.165) is 23.1 Å². The molecule has 0 bridgehead atoms. The van der Waals surface area contributed by atoms with Gasteiger partial charge in [0.25, 0.3) is 5.91 Å². The Morgan fingerprint density at radius 1 is 1.07 bits per heavy atom. The van der Waals surface area contributed by atoms with E-state index < -0.39 is 10.0 Å². The lowest BCUT2D eigenvalue weighted by atomic mass is 10.2. The maximum Gasteiger partial charge on any atom is 0.253 e. The van der Waals surface area contributed by atoms with Gasteiger partial charge < -0.3 is 9.64 Å². The van der Waals surface area contributed by atoms with Crippen LogP contribution in [-0.4, -0.2) is 56.8 Å². The van der Waals surface area contributed by atoms with E-state index in [1.807, 2.05) is 24.3 Å². The predicted molar refractivity (Wildman–Crippen MR) is 111 cm³/mol. The fraction of sp³-hybridized carbons (Fsp3) is 0.350. The maximum atomic E-state index is 12.6. The number of halogens is 1. The van der Waals surface area contributed by atoms with Crippen LogP contribution in [0.4, 0.5) is 0 Å². The van der Waals surface area contributed by atoms with Gasteiger partial charge in [0.05, 0.1) is 11.4 Å². The molecule has 8 heteroatoms. The number of carbonyl (C=O) groups is 1. The Kier molecular flexibility index (Phi) is 6.74. The van der Waals surface area contributed by atoms with Gasteiger partial charge in [0.15, 0.2) is 0 Å². The van der Waals surface area contributed by atoms with E-state index in [1.54, 1.807) is 24.1 Å². The highest BCUT2D eigenvalue weighted by atomic mass is 79.9. The molecule has 0 unspecified atom stereocenters. The number of rotatable bonds is 7. The third-order valence-corrected chi connectivity index (χ3v) is 7.10. The molecule has 1 heterocycles. The lowest BCUT2D eigenvalue weighted by Gasteiger charge is -2.18. The van der Waals surface area contributed by atoms with Crippen molar-refractivity contribution in [1.29, 1.82) is 0 Å². The van der Waals surface area contributed by atoms with Crippen LogP contribution in [0.25, 0.3) is 0 Å². The van der Waals surface area contributed by atoms with Crippen molar-refractivity contribution in [2.75, 3.05) is 33.3 Å². The average molecular weight is 467 g/mol. The van der Waals surface area contributed by atoms with Crippen LogP contribution in [0.15, 0.2) is 57.9 Å². The molecule has 1 aliphatic heterocycles. The van der Waals surface area contributed by atoms with Gasteiger partial charge in [0, 0.05) is 30.2 Å². The summed E-state index contributed by atoms with van der Waals surface area (Å²) < 4.78 is 33.2. The van der Waals surface area contributed by atoms with Gasteiger partial charge in [-0.25, -0.2) is 8.42 Å². The minimum atomic E-state index is -3.46. The van der Waals surface area contributed by atoms with Gasteiger partial charge in [-0.2, -0.15) is 4.31 Å². The summed E-state index contributed by atoms with van der Waals surface area (Å²) in [4.78, 5) is 14.3. The van der Waals surface area contributed by atoms with E-state index in [-0.39, 0.29) is 10.8 Å². The van der Waals surface area contributed by atoms with Gasteiger partial charge in [-0.15, -0.1) is 0 Å². The summed E-state index contributed by atoms with van der Waals surface area (Å²) in [6, 6.07) is 13.6. The van der Waals surface area contributed by atoms with Crippen molar-refractivity contribution in [3.63, 3.8) is 0 Å². The molecule has 0 saturated carbocycles. The summed E-state index contributed by atoms with van der Waals surface area (Å²) >= 11 is 3.37. The number of sulfonamides is 1. The standard InChI is InChI=1S/C20H23BrN2O4S/c1-22(14-15-27-18-8-6-17(21)7-9-18)20(24)16-4-10-19(11-5-16)28(25,26)23-12-2-3-13-23/h4-11H,2-3,12-15H2,1H3. The summed E-state index contributed by atoms with van der Waals surface area (Å²) in [6.45, 7) is 1.91. The van der Waals surface area contributed by atoms with Crippen LogP contribution in [-0.2, 0) is 10.0 Å². The van der Waals surface area contributed by atoms with Gasteiger partial charge in [-0.05, 0) is 61.4 Å². The summed E-state index contributed by atoms with van der Waals surface area (Å²) in [5.74, 6) is 0.560. The topological polar surface area (TPSA) is 66.9 Å². The van der Waals surface area contributed by atoms with Crippen LogP contribution in [0.3, 0.4) is 0 Å². The first-order valence-corrected chi connectivity index (χ1v) is 11.4. The second kappa shape index (κ2) is 9.07. The number of ether oxygens (including phenoxy) is 1. The third-order valence-electron chi connectivity index (χ3n) is 4.66. The molecule has 0 aromatic heterocycles. The Hall–Kier alpha value is -1.90. The van der Waals surface area contributed by atoms with Crippen LogP contribution in [0, 0.1) is 0 Å². The normalized spacial score (nSPS) is 14.8. The van der Waals surface area contributed by atoms with Crippen molar-refractivity contribution in [3.05, 3.63) is 58.6 Å². The maximum absolute atomic E-state index is 12.6. The highest BCUT2D eigenvalue weighted by Crippen LogP contribution is 2.21. The SMILES string of the molecule is CN(CCOc1ccc(Br)cc1)C(=O)c1ccc(S(=O)(=O)N2CCCC2)cc1. The fourth-order valence-corrected chi connectivity index (χ4v) is 4.78. The average Bonchev–Trinajstić information content (AvgIpc) is 3.25. The van der Waals surface area contributed by atoms with Crippen LogP contribution in [0.1, 0.15) is 23.2 Å². The first-order valence-electron chi connectivity index (χ1n) is 9.12. The van der Waals surface area contributed by atoms with Crippen molar-refractivity contribution >= 4 is 31.9 Å². The number of benzene rings is 2. The van der Waals surface area contributed by atoms with Crippen molar-refractivity contribution in [2.45, 2.75) is 17.7 Å². The molecule has 1 fully saturated rings. The van der Waals surface area contributed by atoms with Gasteiger partial charge in [-0.3, -0.25) is 4.79 Å². The molecule has 6 nitrogen and oxygen atoms in total. The number of hydrogen-bond acceptors (Lipinski definition) is 4. The molecule has 0 radical (unpaired) electrons. The molecule has 2 aromatic carbocycles. The van der Waals surface area contributed by atoms with Crippen LogP contribution in [0.2, 0.25) is 0 Å². The lowest BCUT2D eigenvalue weighted by Crippen LogP contribution is -2.31. The highest BCUT2D eigenvalue weighted by Gasteiger charge is 2.27. The molecular formula is C20H23BrN2O4S. The first kappa shape index (κ1) is 20.8. The van der Waals surface area contributed by atoms with E-state index in [1.165, 1.54) is 16.4 Å². The quantitative estimate of drug-likeness (QED) is 0.626. The minimum Gasteiger partial charge on any atom is -0.492 e. The van der Waals surface area contributed by atoms with Crippen LogP contribution >= 0.6 is 15.9 Å². The molecule has 0 aliphatic carbocycles. The molecule has 1 aliphatic rings. The molecule has 0 atom stereocenters. The second-order valence-electron chi connectivity index (χ2n) is 6.66. The van der Waals surface area contributed by atoms with E-state index in [4.69, 9.17) is 4.74 Å². The van der Waals surface area contributed by atoms with Gasteiger partial charge in [0.1, 0.15) is 12.4 Å². The predicted octanol–water partition coefficient (Wildman–Crippen LogP) is 3.38. The summed E-state index contributed by atoms with van der Waals surface area (Å²) in [6.07, 6.45) is 1.78. The largest absolute Gasteiger partial charge is 0.492 e. The number of nitrogens with zero attached hydrogens (tertiary/aromatic N) is 2. The summed E-state index contributed by atoms with van der Waals surface area (Å²) in [5, 5.41) is 0. The van der Waals surface area contributed by atoms with E-state index in [9.17, 15) is 13.2 Å². The zero-order valence-electron chi connectivity index (χ0n) is 15.7. The molecule has 0 spiro atoms. The number of likely N-dealkylation sites (N-methyl/N-ethyl adjacent to an activating group) is 1. The second-order valence-corrected chi connectivity index (χ2v) is 9.52. The van der Waals surface area contributed by atoms with Crippen molar-refractivity contribution in [3.8, 4) is 5.75 Å². The van der Waals surface area contributed by atoms with E-state index >= 15 is 0 Å². The van der Waals surface area contributed by atoms with Crippen LogP contribution in [0.5, 0.6) is 5.75 Å². The van der Waals surface area contributed by atoms with Crippen molar-refractivity contribution in [2.24, 2.45) is 0 Å². The molecule has 1 amide bonds. The Bertz CT molecular complexity index is 908. The number of hydrogen-bond donors (Lipinski definition) is 0. The van der Waals surface area contributed by atoms with Crippen LogP contribution < -0.4 is 4.74 Å². The Balaban J connectivity index is 1.56. The number of carbonyl (C=O) groups excluding carboxylic acids is 1. The summed E-state index contributed by atoms with van der Waals surface area (Å²) in [5.41, 5.74) is 0.450. The van der Waals surface area contributed by atoms with Crippen molar-refractivity contribution < 1.29 is 17.9 Å². The molecule has 3 rings (SSSR count). The lowest BCUT2D eigenvalue weighted by molar-refractivity contribution is 0.0773. The summed E-state index contributed by atoms with van der Waals surface area (Å²) in [7, 11) is -1.77. The Labute approximate surface area is 174 Å². The molecular weight excluding hydrogens is 444 g/mol. The van der Waals surface area contributed by atoms with Gasteiger partial charge in [-0.1, -0.05) is 15.9 Å². The molecule has 2 aromatic rings. The molecule has 28 heavy (non-hydrogen) atoms. The zero-order valence-corrected chi connectivity index (χ0v) is 18.1. The minimum absolute atomic E-state index is 0.176. The van der Waals surface area contributed by atoms with E-state index in [2.05, 4.69) is 15.9 Å². The molecule has 0 N–H and O–H groups in total. The Morgan fingerprint density at radius 3 is 2.29 bits per heavy atom. The highest BCUT2D eigenvalue weighted by molar-refractivity contribution is 9.10. The third kappa shape index (κ3) is 4.92. The molecule has 150 valence electrons. The monoisotopic (exact) mass is 466 g/mol. The van der Waals surface area contributed by atoms with Gasteiger partial charge >= 0.3 is 0 Å². The van der Waals surface area contributed by atoms with Gasteiger partial charge in [0.2, 0.25) is 10.0 Å². The van der Waals surface area contributed by atoms with Crippen molar-refractivity contribution in [1.82, 2.24) is 9.21 Å². The number of amides is 1.